The Balaban J connectivity index is 1.80. The highest BCUT2D eigenvalue weighted by atomic mass is 19.4. The van der Waals surface area contributed by atoms with Gasteiger partial charge in [0.2, 0.25) is 5.95 Å². The third-order valence-electron chi connectivity index (χ3n) is 4.73. The second kappa shape index (κ2) is 8.62. The highest BCUT2D eigenvalue weighted by Gasteiger charge is 2.37. The Morgan fingerprint density at radius 3 is 2.33 bits per heavy atom. The summed E-state index contributed by atoms with van der Waals surface area (Å²) >= 11 is 0. The summed E-state index contributed by atoms with van der Waals surface area (Å²) in [5.74, 6) is -0.707. The van der Waals surface area contributed by atoms with E-state index in [4.69, 9.17) is 0 Å². The molecule has 1 aliphatic carbocycles. The van der Waals surface area contributed by atoms with Crippen molar-refractivity contribution < 1.29 is 31.4 Å². The second-order valence-electron chi connectivity index (χ2n) is 6.97. The summed E-state index contributed by atoms with van der Waals surface area (Å²) in [6.07, 6.45) is -6.42. The van der Waals surface area contributed by atoms with Gasteiger partial charge in [-0.05, 0) is 31.7 Å². The van der Waals surface area contributed by atoms with Gasteiger partial charge in [-0.1, -0.05) is 6.07 Å². The Bertz CT molecular complexity index is 865. The molecule has 2 aromatic heterocycles. The van der Waals surface area contributed by atoms with Gasteiger partial charge in [0.05, 0.1) is 6.10 Å². The maximum atomic E-state index is 13.3. The van der Waals surface area contributed by atoms with Gasteiger partial charge in [-0.15, -0.1) is 0 Å². The van der Waals surface area contributed by atoms with Crippen molar-refractivity contribution >= 4 is 11.8 Å². The molecule has 30 heavy (non-hydrogen) atoms. The fraction of sp³-hybridized carbons (Fsp3) is 0.500. The highest BCUT2D eigenvalue weighted by Crippen LogP contribution is 2.35. The lowest BCUT2D eigenvalue weighted by molar-refractivity contribution is -0.141. The zero-order valence-corrected chi connectivity index (χ0v) is 15.6. The summed E-state index contributed by atoms with van der Waals surface area (Å²) < 4.78 is 79.1. The second-order valence-corrected chi connectivity index (χ2v) is 6.97. The van der Waals surface area contributed by atoms with Crippen LogP contribution < -0.4 is 10.6 Å². The van der Waals surface area contributed by atoms with Crippen LogP contribution in [0.3, 0.4) is 0 Å². The van der Waals surface area contributed by atoms with Gasteiger partial charge in [0.1, 0.15) is 17.1 Å². The molecule has 3 rings (SSSR count). The van der Waals surface area contributed by atoms with E-state index in [1.54, 1.807) is 0 Å². The maximum absolute atomic E-state index is 13.3. The largest absolute Gasteiger partial charge is 0.433 e. The third kappa shape index (κ3) is 5.49. The number of pyridine rings is 1. The first-order valence-electron chi connectivity index (χ1n) is 9.18. The highest BCUT2D eigenvalue weighted by molar-refractivity contribution is 5.49. The van der Waals surface area contributed by atoms with E-state index in [1.165, 1.54) is 12.1 Å². The molecule has 2 heterocycles. The molecule has 0 unspecified atom stereocenters. The molecule has 0 amide bonds. The summed E-state index contributed by atoms with van der Waals surface area (Å²) in [7, 11) is 0. The summed E-state index contributed by atoms with van der Waals surface area (Å²) in [6, 6.07) is 2.22. The molecular formula is C18H19F6N5O. The van der Waals surface area contributed by atoms with E-state index >= 15 is 0 Å². The van der Waals surface area contributed by atoms with Crippen LogP contribution in [-0.4, -0.2) is 32.2 Å². The van der Waals surface area contributed by atoms with E-state index in [0.717, 1.165) is 6.20 Å². The molecule has 0 radical (unpaired) electrons. The van der Waals surface area contributed by atoms with E-state index in [1.807, 2.05) is 0 Å². The number of halogens is 6. The first-order chi connectivity index (χ1) is 14.0. The van der Waals surface area contributed by atoms with Gasteiger partial charge in [0, 0.05) is 30.5 Å². The fourth-order valence-corrected chi connectivity index (χ4v) is 3.21. The zero-order chi connectivity index (χ0) is 21.9. The number of aromatic nitrogens is 3. The molecule has 6 nitrogen and oxygen atoms in total. The van der Waals surface area contributed by atoms with Crippen LogP contribution in [0.1, 0.15) is 42.5 Å². The van der Waals surface area contributed by atoms with Crippen molar-refractivity contribution in [2.45, 2.75) is 56.7 Å². The van der Waals surface area contributed by atoms with E-state index < -0.39 is 35.5 Å². The van der Waals surface area contributed by atoms with Crippen molar-refractivity contribution in [3.63, 3.8) is 0 Å². The lowest BCUT2D eigenvalue weighted by Crippen LogP contribution is -2.30. The minimum atomic E-state index is -4.71. The van der Waals surface area contributed by atoms with Gasteiger partial charge in [0.15, 0.2) is 0 Å². The van der Waals surface area contributed by atoms with Crippen molar-refractivity contribution in [1.82, 2.24) is 15.0 Å². The topological polar surface area (TPSA) is 83.0 Å². The van der Waals surface area contributed by atoms with Crippen LogP contribution in [0.4, 0.5) is 38.1 Å². The van der Waals surface area contributed by atoms with Crippen LogP contribution in [0.5, 0.6) is 0 Å². The number of aliphatic hydroxyl groups excluding tert-OH is 1. The lowest BCUT2D eigenvalue weighted by Gasteiger charge is -2.27. The summed E-state index contributed by atoms with van der Waals surface area (Å²) in [5.41, 5.74) is -2.36. The van der Waals surface area contributed by atoms with E-state index in [0.29, 0.717) is 31.9 Å². The van der Waals surface area contributed by atoms with Gasteiger partial charge in [-0.2, -0.15) is 31.3 Å². The molecule has 1 fully saturated rings. The maximum Gasteiger partial charge on any atom is 0.433 e. The first-order valence-corrected chi connectivity index (χ1v) is 9.18. The zero-order valence-electron chi connectivity index (χ0n) is 15.6. The van der Waals surface area contributed by atoms with Gasteiger partial charge >= 0.3 is 12.4 Å². The van der Waals surface area contributed by atoms with Gasteiger partial charge in [0.25, 0.3) is 0 Å². The minimum Gasteiger partial charge on any atom is -0.393 e. The predicted molar refractivity (Wildman–Crippen MR) is 95.5 cm³/mol. The van der Waals surface area contributed by atoms with Gasteiger partial charge < -0.3 is 15.7 Å². The SMILES string of the molecule is O[C@H]1CC[C@@H](Nc2nc(NCc3cccnc3C(F)(F)F)ncc2C(F)(F)F)CC1. The first kappa shape index (κ1) is 22.1. The van der Waals surface area contributed by atoms with Crippen LogP contribution in [0, 0.1) is 0 Å². The van der Waals surface area contributed by atoms with Crippen molar-refractivity contribution in [3.05, 3.63) is 41.3 Å². The van der Waals surface area contributed by atoms with Crippen LogP contribution in [0.15, 0.2) is 24.5 Å². The number of nitrogens with one attached hydrogen (secondary N) is 2. The standard InChI is InChI=1S/C18H19F6N5O/c19-17(20,21)13-9-27-16(29-15(13)28-11-3-5-12(30)6-4-11)26-8-10-2-1-7-25-14(10)18(22,23)24/h1-2,7,9,11-12,30H,3-6,8H2,(H2,26,27,28,29)/t11-,12+. The average Bonchev–Trinajstić information content (AvgIpc) is 2.67. The van der Waals surface area contributed by atoms with Crippen LogP contribution >= 0.6 is 0 Å². The van der Waals surface area contributed by atoms with Crippen molar-refractivity contribution in [3.8, 4) is 0 Å². The molecule has 1 saturated carbocycles. The molecule has 0 spiro atoms. The average molecular weight is 435 g/mol. The molecule has 12 heteroatoms. The number of alkyl halides is 6. The molecule has 0 bridgehead atoms. The molecule has 3 N–H and O–H groups in total. The summed E-state index contributed by atoms with van der Waals surface area (Å²) in [6.45, 7) is -0.372. The fourth-order valence-electron chi connectivity index (χ4n) is 3.21. The number of hydrogen-bond donors (Lipinski definition) is 3. The van der Waals surface area contributed by atoms with E-state index in [-0.39, 0.29) is 24.1 Å². The molecule has 0 aliphatic heterocycles. The Morgan fingerprint density at radius 2 is 1.70 bits per heavy atom. The Kier molecular flexibility index (Phi) is 6.34. The normalized spacial score (nSPS) is 20.1. The Labute approximate surface area is 167 Å². The Hall–Kier alpha value is -2.63. The number of hydrogen-bond acceptors (Lipinski definition) is 6. The van der Waals surface area contributed by atoms with Crippen molar-refractivity contribution in [1.29, 1.82) is 0 Å². The molecule has 1 aliphatic rings. The summed E-state index contributed by atoms with van der Waals surface area (Å²) in [4.78, 5) is 10.8. The molecule has 2 aromatic rings. The summed E-state index contributed by atoms with van der Waals surface area (Å²) in [5, 5.41) is 14.8. The van der Waals surface area contributed by atoms with Crippen molar-refractivity contribution in [2.24, 2.45) is 0 Å². The van der Waals surface area contributed by atoms with Crippen LogP contribution in [0.25, 0.3) is 0 Å². The van der Waals surface area contributed by atoms with Gasteiger partial charge in [-0.25, -0.2) is 4.98 Å². The van der Waals surface area contributed by atoms with E-state index in [9.17, 15) is 31.4 Å². The molecular weight excluding hydrogens is 416 g/mol. The molecule has 0 saturated heterocycles. The van der Waals surface area contributed by atoms with E-state index in [2.05, 4.69) is 25.6 Å². The smallest absolute Gasteiger partial charge is 0.393 e. The van der Waals surface area contributed by atoms with Crippen molar-refractivity contribution in [2.75, 3.05) is 10.6 Å². The monoisotopic (exact) mass is 435 g/mol. The minimum absolute atomic E-state index is 0.190. The molecule has 164 valence electrons. The number of anilines is 2. The predicted octanol–water partition coefficient (Wildman–Crippen LogP) is 4.24. The quantitative estimate of drug-likeness (QED) is 0.610. The number of rotatable bonds is 5. The lowest BCUT2D eigenvalue weighted by atomic mass is 9.93. The Morgan fingerprint density at radius 1 is 1.00 bits per heavy atom. The van der Waals surface area contributed by atoms with Gasteiger partial charge in [-0.3, -0.25) is 4.98 Å². The number of nitrogens with zero attached hydrogens (tertiary/aromatic N) is 3. The molecule has 0 aromatic carbocycles. The molecule has 0 atom stereocenters. The van der Waals surface area contributed by atoms with Crippen LogP contribution in [-0.2, 0) is 18.9 Å². The third-order valence-corrected chi connectivity index (χ3v) is 4.73. The number of aliphatic hydroxyl groups is 1. The van der Waals surface area contributed by atoms with Crippen LogP contribution in [0.2, 0.25) is 0 Å².